The molecule has 0 radical (unpaired) electrons. The normalized spacial score (nSPS) is 12.7. The first-order valence-corrected chi connectivity index (χ1v) is 21.4. The van der Waals surface area contributed by atoms with Crippen LogP contribution in [0.2, 0.25) is 0 Å². The van der Waals surface area contributed by atoms with E-state index in [9.17, 15) is 5.26 Å². The maximum atomic E-state index is 17.0. The predicted octanol–water partition coefficient (Wildman–Crippen LogP) is 15.9. The monoisotopic (exact) mass is 824 g/mol. The van der Waals surface area contributed by atoms with Crippen molar-refractivity contribution in [3.63, 3.8) is 0 Å². The Balaban J connectivity index is 1.13. The summed E-state index contributed by atoms with van der Waals surface area (Å²) in [7, 11) is 0. The molecule has 2 heterocycles. The van der Waals surface area contributed by atoms with Gasteiger partial charge in [0, 0.05) is 39.7 Å². The van der Waals surface area contributed by atoms with Crippen LogP contribution in [0.15, 0.2) is 203 Å². The Bertz CT molecular complexity index is 3700. The van der Waals surface area contributed by atoms with Crippen molar-refractivity contribution in [1.29, 1.82) is 5.26 Å². The SMILES string of the molecule is C=Cc1ccccc1-c1oc2cc(N(c3ccc4c(c3)-c3ccccc3C4(c3ccccc3)c3ccccc3)c3cc(C#N)c4c(c3)oc3cc5ccccc5cc34)cc(F)c2c1C. The van der Waals surface area contributed by atoms with Gasteiger partial charge in [0.15, 0.2) is 0 Å². The van der Waals surface area contributed by atoms with Crippen LogP contribution in [0.1, 0.15) is 38.9 Å². The molecule has 2 aromatic heterocycles. The molecule has 1 aliphatic carbocycles. The fourth-order valence-electron chi connectivity index (χ4n) is 10.4. The predicted molar refractivity (Wildman–Crippen MR) is 258 cm³/mol. The average Bonchev–Trinajstić information content (AvgIpc) is 3.98. The fraction of sp³-hybridized carbons (Fsp3) is 0.0339. The Hall–Kier alpha value is -8.46. The van der Waals surface area contributed by atoms with Crippen LogP contribution >= 0.6 is 0 Å². The molecule has 12 rings (SSSR count). The van der Waals surface area contributed by atoms with E-state index in [-0.39, 0.29) is 0 Å². The minimum atomic E-state index is -0.600. The average molecular weight is 825 g/mol. The summed E-state index contributed by atoms with van der Waals surface area (Å²) in [5.74, 6) is 0.167. The number of aryl methyl sites for hydroxylation is 1. The van der Waals surface area contributed by atoms with E-state index in [0.717, 1.165) is 66.2 Å². The van der Waals surface area contributed by atoms with Crippen LogP contribution in [0.5, 0.6) is 0 Å². The lowest BCUT2D eigenvalue weighted by Gasteiger charge is -2.34. The molecule has 5 heteroatoms. The smallest absolute Gasteiger partial charge is 0.140 e. The standard InChI is InChI=1S/C59H37FN2O2/c1-3-37-16-12-13-23-46(37)58-36(2)56-52(60)32-45(34-54(56)64-58)62(44-28-40(35-61)57-49-29-38-17-10-11-18-39(38)30-53(49)63-55(57)33-44)43-26-27-51-48(31-43)47-24-14-15-25-50(47)59(51,41-19-6-4-7-20-41)42-21-8-5-9-22-42/h3-34H,1H2,2H3. The maximum Gasteiger partial charge on any atom is 0.140 e. The second-order valence-corrected chi connectivity index (χ2v) is 16.5. The Labute approximate surface area is 369 Å². The Morgan fingerprint density at radius 3 is 1.89 bits per heavy atom. The first-order chi connectivity index (χ1) is 31.5. The van der Waals surface area contributed by atoms with Crippen LogP contribution in [0.25, 0.3) is 72.2 Å². The number of hydrogen-bond acceptors (Lipinski definition) is 4. The Kier molecular flexibility index (Phi) is 8.34. The molecule has 0 fully saturated rings. The van der Waals surface area contributed by atoms with Gasteiger partial charge in [-0.05, 0) is 93.0 Å². The van der Waals surface area contributed by atoms with E-state index in [2.05, 4.69) is 134 Å². The molecule has 64 heavy (non-hydrogen) atoms. The second-order valence-electron chi connectivity index (χ2n) is 16.5. The Morgan fingerprint density at radius 2 is 1.17 bits per heavy atom. The summed E-state index contributed by atoms with van der Waals surface area (Å²) in [6, 6.07) is 66.3. The lowest BCUT2D eigenvalue weighted by molar-refractivity contribution is 0.621. The molecule has 0 amide bonds. The van der Waals surface area contributed by atoms with Crippen molar-refractivity contribution in [2.45, 2.75) is 12.3 Å². The summed E-state index contributed by atoms with van der Waals surface area (Å²) in [6.07, 6.45) is 1.78. The van der Waals surface area contributed by atoms with E-state index in [1.165, 1.54) is 5.56 Å². The van der Waals surface area contributed by atoms with Gasteiger partial charge >= 0.3 is 0 Å². The highest BCUT2D eigenvalue weighted by Gasteiger charge is 2.46. The summed E-state index contributed by atoms with van der Waals surface area (Å²) >= 11 is 0. The first-order valence-electron chi connectivity index (χ1n) is 21.4. The molecule has 0 bridgehead atoms. The van der Waals surface area contributed by atoms with E-state index >= 15 is 4.39 Å². The van der Waals surface area contributed by atoms with Crippen molar-refractivity contribution in [1.82, 2.24) is 0 Å². The number of anilines is 3. The van der Waals surface area contributed by atoms with Gasteiger partial charge in [0.25, 0.3) is 0 Å². The molecule has 0 atom stereocenters. The van der Waals surface area contributed by atoms with Crippen molar-refractivity contribution in [2.75, 3.05) is 4.90 Å². The number of furan rings is 2. The molecule has 0 spiro atoms. The number of halogens is 1. The molecular formula is C59H37FN2O2. The zero-order valence-corrected chi connectivity index (χ0v) is 34.8. The van der Waals surface area contributed by atoms with Gasteiger partial charge in [-0.25, -0.2) is 4.39 Å². The third-order valence-electron chi connectivity index (χ3n) is 13.2. The van der Waals surface area contributed by atoms with E-state index in [1.807, 2.05) is 72.5 Å². The Morgan fingerprint density at radius 1 is 0.562 bits per heavy atom. The summed E-state index contributed by atoms with van der Waals surface area (Å²) in [5.41, 5.74) is 12.7. The van der Waals surface area contributed by atoms with Gasteiger partial charge in [-0.15, -0.1) is 0 Å². The lowest BCUT2D eigenvalue weighted by Crippen LogP contribution is -2.28. The molecular weight excluding hydrogens is 788 g/mol. The van der Waals surface area contributed by atoms with Crippen LogP contribution in [0.3, 0.4) is 0 Å². The highest BCUT2D eigenvalue weighted by atomic mass is 19.1. The van der Waals surface area contributed by atoms with Gasteiger partial charge in [0.1, 0.15) is 28.3 Å². The second kappa shape index (κ2) is 14.3. The topological polar surface area (TPSA) is 53.3 Å². The van der Waals surface area contributed by atoms with E-state index in [0.29, 0.717) is 50.4 Å². The molecule has 9 aromatic carbocycles. The molecule has 1 aliphatic rings. The van der Waals surface area contributed by atoms with Gasteiger partial charge in [-0.1, -0.05) is 152 Å². The molecule has 4 nitrogen and oxygen atoms in total. The van der Waals surface area contributed by atoms with Crippen LogP contribution in [0.4, 0.5) is 21.5 Å². The molecule has 302 valence electrons. The molecule has 11 aromatic rings. The summed E-state index contributed by atoms with van der Waals surface area (Å²) in [4.78, 5) is 2.01. The molecule has 0 saturated heterocycles. The van der Waals surface area contributed by atoms with Crippen LogP contribution in [-0.4, -0.2) is 0 Å². The zero-order chi connectivity index (χ0) is 43.1. The summed E-state index contributed by atoms with van der Waals surface area (Å²) in [5, 5.41) is 15.0. The lowest BCUT2D eigenvalue weighted by atomic mass is 9.68. The van der Waals surface area contributed by atoms with Crippen molar-refractivity contribution in [3.05, 3.63) is 239 Å². The van der Waals surface area contributed by atoms with Crippen LogP contribution in [0, 0.1) is 24.1 Å². The molecule has 0 aliphatic heterocycles. The van der Waals surface area contributed by atoms with Gasteiger partial charge in [0.05, 0.1) is 33.8 Å². The van der Waals surface area contributed by atoms with Gasteiger partial charge in [-0.2, -0.15) is 5.26 Å². The number of hydrogen-bond donors (Lipinski definition) is 0. The van der Waals surface area contributed by atoms with E-state index in [4.69, 9.17) is 8.83 Å². The van der Waals surface area contributed by atoms with Crippen LogP contribution in [-0.2, 0) is 5.41 Å². The molecule has 0 saturated carbocycles. The van der Waals surface area contributed by atoms with Crippen molar-refractivity contribution in [2.24, 2.45) is 0 Å². The van der Waals surface area contributed by atoms with Crippen molar-refractivity contribution >= 4 is 66.8 Å². The largest absolute Gasteiger partial charge is 0.456 e. The first kappa shape index (κ1) is 37.3. The fourth-order valence-corrected chi connectivity index (χ4v) is 10.4. The number of fused-ring (bicyclic) bond motifs is 8. The number of rotatable bonds is 7. The van der Waals surface area contributed by atoms with Gasteiger partial charge in [0.2, 0.25) is 0 Å². The van der Waals surface area contributed by atoms with E-state index in [1.54, 1.807) is 12.1 Å². The van der Waals surface area contributed by atoms with Gasteiger partial charge in [-0.3, -0.25) is 0 Å². The summed E-state index contributed by atoms with van der Waals surface area (Å²) < 4.78 is 30.2. The van der Waals surface area contributed by atoms with E-state index < -0.39 is 11.2 Å². The number of benzene rings is 9. The number of nitriles is 1. The van der Waals surface area contributed by atoms with Crippen molar-refractivity contribution in [3.8, 4) is 28.5 Å². The zero-order valence-electron chi connectivity index (χ0n) is 34.8. The molecule has 0 N–H and O–H groups in total. The van der Waals surface area contributed by atoms with Gasteiger partial charge < -0.3 is 13.7 Å². The number of nitrogens with zero attached hydrogens (tertiary/aromatic N) is 2. The highest BCUT2D eigenvalue weighted by Crippen LogP contribution is 2.57. The van der Waals surface area contributed by atoms with Crippen molar-refractivity contribution < 1.29 is 13.2 Å². The quantitative estimate of drug-likeness (QED) is 0.161. The summed E-state index contributed by atoms with van der Waals surface area (Å²) in [6.45, 7) is 5.91. The minimum absolute atomic E-state index is 0.405. The third kappa shape index (κ3) is 5.39. The minimum Gasteiger partial charge on any atom is -0.456 e. The third-order valence-corrected chi connectivity index (χ3v) is 13.2. The maximum absolute atomic E-state index is 17.0. The highest BCUT2D eigenvalue weighted by molar-refractivity contribution is 6.13. The van der Waals surface area contributed by atoms with Crippen LogP contribution < -0.4 is 4.90 Å². The molecule has 0 unspecified atom stereocenters.